The summed E-state index contributed by atoms with van der Waals surface area (Å²) in [5.41, 5.74) is 1.14. The molecular formula is C13H20N4O2. The van der Waals surface area contributed by atoms with Gasteiger partial charge in [-0.3, -0.25) is 14.8 Å². The van der Waals surface area contributed by atoms with Crippen LogP contribution in [0.5, 0.6) is 0 Å². The molecule has 2 saturated heterocycles. The van der Waals surface area contributed by atoms with Crippen LogP contribution in [0.25, 0.3) is 0 Å². The number of aromatic amines is 1. The number of hydrogen-bond donors (Lipinski definition) is 1. The van der Waals surface area contributed by atoms with Crippen molar-refractivity contribution in [3.8, 4) is 0 Å². The number of nitrogens with zero attached hydrogens (tertiary/aromatic N) is 3. The number of nitrogens with one attached hydrogen (secondary N) is 1. The summed E-state index contributed by atoms with van der Waals surface area (Å²) in [5.74, 6) is 0.653. The average molecular weight is 264 g/mol. The lowest BCUT2D eigenvalue weighted by atomic mass is 10.1. The van der Waals surface area contributed by atoms with E-state index >= 15 is 0 Å². The Kier molecular flexibility index (Phi) is 3.79. The molecule has 3 rings (SSSR count). The average Bonchev–Trinajstić information content (AvgIpc) is 3.11. The smallest absolute Gasteiger partial charge is 0.236 e. The van der Waals surface area contributed by atoms with E-state index in [0.29, 0.717) is 12.5 Å². The summed E-state index contributed by atoms with van der Waals surface area (Å²) < 4.78 is 5.30. The van der Waals surface area contributed by atoms with Crippen molar-refractivity contribution in [1.82, 2.24) is 20.0 Å². The first-order valence-electron chi connectivity index (χ1n) is 6.90. The van der Waals surface area contributed by atoms with Gasteiger partial charge in [0.05, 0.1) is 19.8 Å². The molecule has 3 heterocycles. The van der Waals surface area contributed by atoms with Crippen molar-refractivity contribution in [3.63, 3.8) is 0 Å². The van der Waals surface area contributed by atoms with E-state index in [1.54, 1.807) is 6.20 Å². The van der Waals surface area contributed by atoms with Gasteiger partial charge in [0.25, 0.3) is 0 Å². The van der Waals surface area contributed by atoms with Gasteiger partial charge >= 0.3 is 0 Å². The third-order valence-electron chi connectivity index (χ3n) is 3.97. The van der Waals surface area contributed by atoms with Crippen LogP contribution in [0.15, 0.2) is 12.3 Å². The standard InChI is InChI=1S/C13H20N4O2/c18-13(10-16-5-7-19-8-6-16)17-4-2-11(9-17)12-1-3-14-15-12/h1,3,11H,2,4-10H2,(H,14,15). The normalized spacial score (nSPS) is 24.8. The quantitative estimate of drug-likeness (QED) is 0.838. The Bertz CT molecular complexity index is 414. The Hall–Kier alpha value is -1.40. The van der Waals surface area contributed by atoms with Crippen molar-refractivity contribution in [1.29, 1.82) is 0 Å². The van der Waals surface area contributed by atoms with Gasteiger partial charge < -0.3 is 9.64 Å². The highest BCUT2D eigenvalue weighted by molar-refractivity contribution is 5.78. The molecule has 6 nitrogen and oxygen atoms in total. The minimum Gasteiger partial charge on any atom is -0.379 e. The maximum Gasteiger partial charge on any atom is 0.236 e. The van der Waals surface area contributed by atoms with Crippen LogP contribution in [0, 0.1) is 0 Å². The van der Waals surface area contributed by atoms with Gasteiger partial charge in [0.1, 0.15) is 0 Å². The second-order valence-corrected chi connectivity index (χ2v) is 5.23. The Balaban J connectivity index is 1.51. The molecular weight excluding hydrogens is 244 g/mol. The molecule has 0 aliphatic carbocycles. The van der Waals surface area contributed by atoms with Crippen LogP contribution in [-0.4, -0.2) is 71.8 Å². The maximum absolute atomic E-state index is 12.2. The van der Waals surface area contributed by atoms with Crippen LogP contribution in [0.1, 0.15) is 18.0 Å². The molecule has 2 aliphatic heterocycles. The molecule has 1 aromatic heterocycles. The van der Waals surface area contributed by atoms with Crippen LogP contribution in [-0.2, 0) is 9.53 Å². The van der Waals surface area contributed by atoms with E-state index in [2.05, 4.69) is 15.1 Å². The van der Waals surface area contributed by atoms with Crippen molar-refractivity contribution in [2.24, 2.45) is 0 Å². The van der Waals surface area contributed by atoms with E-state index in [4.69, 9.17) is 4.74 Å². The SMILES string of the molecule is O=C(CN1CCOCC1)N1CCC(c2ccn[nH]2)C1. The fourth-order valence-electron chi connectivity index (χ4n) is 2.79. The van der Waals surface area contributed by atoms with Crippen molar-refractivity contribution in [3.05, 3.63) is 18.0 Å². The van der Waals surface area contributed by atoms with Crippen LogP contribution < -0.4 is 0 Å². The van der Waals surface area contributed by atoms with Crippen molar-refractivity contribution in [2.75, 3.05) is 45.9 Å². The number of hydrogen-bond acceptors (Lipinski definition) is 4. The molecule has 2 aliphatic rings. The van der Waals surface area contributed by atoms with Crippen molar-refractivity contribution < 1.29 is 9.53 Å². The van der Waals surface area contributed by atoms with E-state index in [1.165, 1.54) is 0 Å². The summed E-state index contributed by atoms with van der Waals surface area (Å²) in [5, 5.41) is 6.98. The first-order chi connectivity index (χ1) is 9.33. The van der Waals surface area contributed by atoms with Gasteiger partial charge in [0.2, 0.25) is 5.91 Å². The lowest BCUT2D eigenvalue weighted by Gasteiger charge is -2.28. The Morgan fingerprint density at radius 3 is 3.00 bits per heavy atom. The zero-order valence-electron chi connectivity index (χ0n) is 11.0. The summed E-state index contributed by atoms with van der Waals surface area (Å²) in [4.78, 5) is 16.4. The van der Waals surface area contributed by atoms with Crippen LogP contribution >= 0.6 is 0 Å². The Morgan fingerprint density at radius 2 is 2.26 bits per heavy atom. The third kappa shape index (κ3) is 2.96. The second kappa shape index (κ2) is 5.71. The van der Waals surface area contributed by atoms with E-state index in [0.717, 1.165) is 51.5 Å². The molecule has 0 saturated carbocycles. The zero-order valence-corrected chi connectivity index (χ0v) is 11.0. The van der Waals surface area contributed by atoms with Gasteiger partial charge in [-0.2, -0.15) is 5.10 Å². The molecule has 1 N–H and O–H groups in total. The summed E-state index contributed by atoms with van der Waals surface area (Å²) in [7, 11) is 0. The topological polar surface area (TPSA) is 61.5 Å². The third-order valence-corrected chi connectivity index (χ3v) is 3.97. The molecule has 1 aromatic rings. The number of H-pyrrole nitrogens is 1. The molecule has 19 heavy (non-hydrogen) atoms. The van der Waals surface area contributed by atoms with E-state index < -0.39 is 0 Å². The molecule has 2 fully saturated rings. The van der Waals surface area contributed by atoms with Crippen LogP contribution in [0.2, 0.25) is 0 Å². The minimum atomic E-state index is 0.240. The Labute approximate surface area is 112 Å². The molecule has 6 heteroatoms. The molecule has 0 aromatic carbocycles. The molecule has 1 amide bonds. The monoisotopic (exact) mass is 264 g/mol. The van der Waals surface area contributed by atoms with Gasteiger partial charge in [0, 0.05) is 44.0 Å². The summed E-state index contributed by atoms with van der Waals surface area (Å²) in [6, 6.07) is 2.00. The highest BCUT2D eigenvalue weighted by Gasteiger charge is 2.29. The van der Waals surface area contributed by atoms with Crippen LogP contribution in [0.3, 0.4) is 0 Å². The minimum absolute atomic E-state index is 0.240. The number of morpholine rings is 1. The highest BCUT2D eigenvalue weighted by atomic mass is 16.5. The summed E-state index contributed by atoms with van der Waals surface area (Å²) >= 11 is 0. The predicted octanol–water partition coefficient (Wildman–Crippen LogP) is 0.0578. The fourth-order valence-corrected chi connectivity index (χ4v) is 2.79. The lowest BCUT2D eigenvalue weighted by Crippen LogP contribution is -2.44. The van der Waals surface area contributed by atoms with Gasteiger partial charge in [-0.15, -0.1) is 0 Å². The summed E-state index contributed by atoms with van der Waals surface area (Å²) in [6.07, 6.45) is 2.80. The molecule has 1 atom stereocenters. The molecule has 104 valence electrons. The largest absolute Gasteiger partial charge is 0.379 e. The Morgan fingerprint density at radius 1 is 1.42 bits per heavy atom. The van der Waals surface area contributed by atoms with E-state index in [9.17, 15) is 4.79 Å². The number of carbonyl (C=O) groups excluding carboxylic acids is 1. The van der Waals surface area contributed by atoms with E-state index in [-0.39, 0.29) is 5.91 Å². The number of ether oxygens (including phenoxy) is 1. The van der Waals surface area contributed by atoms with Crippen LogP contribution in [0.4, 0.5) is 0 Å². The first-order valence-corrected chi connectivity index (χ1v) is 6.90. The maximum atomic E-state index is 12.2. The molecule has 0 spiro atoms. The van der Waals surface area contributed by atoms with Gasteiger partial charge in [-0.1, -0.05) is 0 Å². The fraction of sp³-hybridized carbons (Fsp3) is 0.692. The van der Waals surface area contributed by atoms with Crippen molar-refractivity contribution >= 4 is 5.91 Å². The lowest BCUT2D eigenvalue weighted by molar-refractivity contribution is -0.132. The molecule has 0 bridgehead atoms. The zero-order chi connectivity index (χ0) is 13.1. The summed E-state index contributed by atoms with van der Waals surface area (Å²) in [6.45, 7) is 5.40. The van der Waals surface area contributed by atoms with Gasteiger partial charge in [-0.25, -0.2) is 0 Å². The van der Waals surface area contributed by atoms with Crippen molar-refractivity contribution in [2.45, 2.75) is 12.3 Å². The number of amides is 1. The first kappa shape index (κ1) is 12.6. The van der Waals surface area contributed by atoms with E-state index in [1.807, 2.05) is 11.0 Å². The number of carbonyl (C=O) groups is 1. The number of rotatable bonds is 3. The van der Waals surface area contributed by atoms with Gasteiger partial charge in [-0.05, 0) is 12.5 Å². The second-order valence-electron chi connectivity index (χ2n) is 5.23. The number of likely N-dealkylation sites (tertiary alicyclic amines) is 1. The van der Waals surface area contributed by atoms with Gasteiger partial charge in [0.15, 0.2) is 0 Å². The predicted molar refractivity (Wildman–Crippen MR) is 69.8 cm³/mol. The highest BCUT2D eigenvalue weighted by Crippen LogP contribution is 2.25. The molecule has 1 unspecified atom stereocenters. The number of aromatic nitrogens is 2. The molecule has 0 radical (unpaired) electrons.